The van der Waals surface area contributed by atoms with Gasteiger partial charge in [0.05, 0.1) is 0 Å². The number of rotatable bonds is 1. The summed E-state index contributed by atoms with van der Waals surface area (Å²) in [6, 6.07) is 5.95. The summed E-state index contributed by atoms with van der Waals surface area (Å²) in [5, 5.41) is 4.30. The molecule has 1 aromatic carbocycles. The first-order chi connectivity index (χ1) is 7.72. The summed E-state index contributed by atoms with van der Waals surface area (Å²) in [6.07, 6.45) is 4.71. The highest BCUT2D eigenvalue weighted by Crippen LogP contribution is 2.39. The molecule has 1 nitrogen and oxygen atoms in total. The molecule has 3 rings (SSSR count). The van der Waals surface area contributed by atoms with Gasteiger partial charge in [-0.2, -0.15) is 0 Å². The summed E-state index contributed by atoms with van der Waals surface area (Å²) in [5.74, 6) is 0.257. The first-order valence-corrected chi connectivity index (χ1v) is 6.31. The number of hydrogen-bond acceptors (Lipinski definition) is 1. The minimum absolute atomic E-state index is 0.176. The van der Waals surface area contributed by atoms with E-state index in [1.54, 1.807) is 12.1 Å². The van der Waals surface area contributed by atoms with Gasteiger partial charge in [0.2, 0.25) is 0 Å². The predicted molar refractivity (Wildman–Crippen MR) is 63.3 cm³/mol. The molecule has 2 saturated heterocycles. The van der Waals surface area contributed by atoms with E-state index in [0.717, 1.165) is 18.4 Å². The van der Waals surface area contributed by atoms with E-state index in [-0.39, 0.29) is 5.82 Å². The van der Waals surface area contributed by atoms with Crippen molar-refractivity contribution in [2.24, 2.45) is 0 Å². The van der Waals surface area contributed by atoms with Crippen molar-refractivity contribution in [1.29, 1.82) is 0 Å². The van der Waals surface area contributed by atoms with Crippen LogP contribution in [0.4, 0.5) is 4.39 Å². The lowest BCUT2D eigenvalue weighted by atomic mass is 9.86. The van der Waals surface area contributed by atoms with E-state index in [1.807, 2.05) is 0 Å². The van der Waals surface area contributed by atoms with Crippen molar-refractivity contribution in [1.82, 2.24) is 5.32 Å². The van der Waals surface area contributed by atoms with E-state index in [4.69, 9.17) is 11.6 Å². The van der Waals surface area contributed by atoms with E-state index < -0.39 is 0 Å². The molecule has 0 aliphatic carbocycles. The van der Waals surface area contributed by atoms with Gasteiger partial charge in [-0.3, -0.25) is 0 Å². The van der Waals surface area contributed by atoms with Crippen molar-refractivity contribution < 1.29 is 4.39 Å². The first kappa shape index (κ1) is 10.5. The Morgan fingerprint density at radius 1 is 1.19 bits per heavy atom. The maximum atomic E-state index is 13.2. The summed E-state index contributed by atoms with van der Waals surface area (Å²) in [7, 11) is 0. The van der Waals surface area contributed by atoms with Crippen LogP contribution >= 0.6 is 11.6 Å². The molecule has 2 aliphatic rings. The third-order valence-electron chi connectivity index (χ3n) is 3.87. The molecule has 86 valence electrons. The molecule has 0 saturated carbocycles. The van der Waals surface area contributed by atoms with Gasteiger partial charge in [-0.05, 0) is 55.4 Å². The maximum absolute atomic E-state index is 13.2. The Balaban J connectivity index is 1.89. The number of fused-ring (bicyclic) bond motifs is 2. The van der Waals surface area contributed by atoms with Gasteiger partial charge in [0, 0.05) is 17.1 Å². The molecule has 3 heteroatoms. The lowest BCUT2D eigenvalue weighted by molar-refractivity contribution is 0.362. The van der Waals surface area contributed by atoms with Crippen LogP contribution < -0.4 is 5.32 Å². The zero-order chi connectivity index (χ0) is 11.1. The zero-order valence-corrected chi connectivity index (χ0v) is 9.80. The first-order valence-electron chi connectivity index (χ1n) is 5.93. The Kier molecular flexibility index (Phi) is 2.64. The molecule has 0 amide bonds. The highest BCUT2D eigenvalue weighted by atomic mass is 35.5. The van der Waals surface area contributed by atoms with E-state index >= 15 is 0 Å². The summed E-state index contributed by atoms with van der Waals surface area (Å²) in [4.78, 5) is 0. The molecule has 2 aliphatic heterocycles. The maximum Gasteiger partial charge on any atom is 0.123 e. The summed E-state index contributed by atoms with van der Waals surface area (Å²) in [5.41, 5.74) is 1.00. The zero-order valence-electron chi connectivity index (χ0n) is 9.05. The Labute approximate surface area is 100.0 Å². The molecule has 16 heavy (non-hydrogen) atoms. The second-order valence-corrected chi connectivity index (χ2v) is 5.38. The van der Waals surface area contributed by atoms with Gasteiger partial charge in [-0.25, -0.2) is 4.39 Å². The smallest absolute Gasteiger partial charge is 0.123 e. The van der Waals surface area contributed by atoms with Gasteiger partial charge in [-0.1, -0.05) is 11.6 Å². The predicted octanol–water partition coefficient (Wildman–Crippen LogP) is 3.48. The van der Waals surface area contributed by atoms with Crippen molar-refractivity contribution in [3.05, 3.63) is 34.6 Å². The Morgan fingerprint density at radius 3 is 2.56 bits per heavy atom. The minimum atomic E-state index is -0.176. The molecule has 2 bridgehead atoms. The molecule has 2 heterocycles. The van der Waals surface area contributed by atoms with Crippen molar-refractivity contribution in [3.63, 3.8) is 0 Å². The van der Waals surface area contributed by atoms with E-state index in [2.05, 4.69) is 5.32 Å². The Morgan fingerprint density at radius 2 is 1.88 bits per heavy atom. The van der Waals surface area contributed by atoms with E-state index in [9.17, 15) is 4.39 Å². The molecule has 0 radical (unpaired) electrons. The van der Waals surface area contributed by atoms with Crippen LogP contribution in [-0.2, 0) is 0 Å². The van der Waals surface area contributed by atoms with Crippen LogP contribution in [0.5, 0.6) is 0 Å². The summed E-state index contributed by atoms with van der Waals surface area (Å²) in [6.45, 7) is 0. The number of nitrogens with one attached hydrogen (secondary N) is 1. The quantitative estimate of drug-likeness (QED) is 0.791. The van der Waals surface area contributed by atoms with Crippen LogP contribution in [0.2, 0.25) is 5.02 Å². The third-order valence-corrected chi connectivity index (χ3v) is 4.22. The number of halogens is 2. The lowest BCUT2D eigenvalue weighted by Crippen LogP contribution is -2.37. The second-order valence-electron chi connectivity index (χ2n) is 4.97. The van der Waals surface area contributed by atoms with E-state index in [0.29, 0.717) is 23.0 Å². The van der Waals surface area contributed by atoms with Gasteiger partial charge in [0.1, 0.15) is 5.82 Å². The molecule has 0 spiro atoms. The SMILES string of the molecule is Fc1ccc(Cl)c(C2C[C@H]3CC[C@@H](C2)N3)c1. The van der Waals surface area contributed by atoms with Crippen LogP contribution in [0.15, 0.2) is 18.2 Å². The van der Waals surface area contributed by atoms with Crippen molar-refractivity contribution in [2.45, 2.75) is 43.7 Å². The highest BCUT2D eigenvalue weighted by Gasteiger charge is 2.34. The minimum Gasteiger partial charge on any atom is -0.311 e. The molecule has 0 aromatic heterocycles. The van der Waals surface area contributed by atoms with Gasteiger partial charge < -0.3 is 5.32 Å². The summed E-state index contributed by atoms with van der Waals surface area (Å²) >= 11 is 6.16. The molecule has 1 unspecified atom stereocenters. The molecule has 3 atom stereocenters. The monoisotopic (exact) mass is 239 g/mol. The van der Waals surface area contributed by atoms with Gasteiger partial charge in [-0.15, -0.1) is 0 Å². The molecular formula is C13H15ClFN. The number of hydrogen-bond donors (Lipinski definition) is 1. The lowest BCUT2D eigenvalue weighted by Gasteiger charge is -2.29. The normalized spacial score (nSPS) is 33.0. The Hall–Kier alpha value is -0.600. The molecule has 1 N–H and O–H groups in total. The number of piperidine rings is 1. The fourth-order valence-electron chi connectivity index (χ4n) is 3.14. The fourth-order valence-corrected chi connectivity index (χ4v) is 3.41. The van der Waals surface area contributed by atoms with Crippen LogP contribution in [0.25, 0.3) is 0 Å². The van der Waals surface area contributed by atoms with Crippen molar-refractivity contribution >= 4 is 11.6 Å². The van der Waals surface area contributed by atoms with Crippen LogP contribution in [0, 0.1) is 5.82 Å². The topological polar surface area (TPSA) is 12.0 Å². The van der Waals surface area contributed by atoms with Gasteiger partial charge in [0.25, 0.3) is 0 Å². The van der Waals surface area contributed by atoms with Crippen molar-refractivity contribution in [2.75, 3.05) is 0 Å². The third kappa shape index (κ3) is 1.85. The van der Waals surface area contributed by atoms with Crippen molar-refractivity contribution in [3.8, 4) is 0 Å². The molecular weight excluding hydrogens is 225 g/mol. The molecule has 2 fully saturated rings. The van der Waals surface area contributed by atoms with E-state index in [1.165, 1.54) is 18.9 Å². The average molecular weight is 240 g/mol. The molecule has 1 aromatic rings. The van der Waals surface area contributed by atoms with Crippen LogP contribution in [-0.4, -0.2) is 12.1 Å². The Bertz CT molecular complexity index is 395. The van der Waals surface area contributed by atoms with Gasteiger partial charge >= 0.3 is 0 Å². The number of benzene rings is 1. The highest BCUT2D eigenvalue weighted by molar-refractivity contribution is 6.31. The van der Waals surface area contributed by atoms with Crippen LogP contribution in [0.3, 0.4) is 0 Å². The fraction of sp³-hybridized carbons (Fsp3) is 0.538. The second kappa shape index (κ2) is 4.01. The summed E-state index contributed by atoms with van der Waals surface area (Å²) < 4.78 is 13.2. The average Bonchev–Trinajstić information content (AvgIpc) is 2.61. The standard InChI is InChI=1S/C13H15ClFN/c14-13-4-1-9(15)7-12(13)8-5-10-2-3-11(6-8)16-10/h1,4,7-8,10-11,16H,2-3,5-6H2/t8?,10-,11+. The van der Waals surface area contributed by atoms with Crippen LogP contribution in [0.1, 0.15) is 37.2 Å². The van der Waals surface area contributed by atoms with Gasteiger partial charge in [0.15, 0.2) is 0 Å². The largest absolute Gasteiger partial charge is 0.311 e.